The highest BCUT2D eigenvalue weighted by atomic mass is 19.4. The number of aromatic nitrogens is 2. The smallest absolute Gasteiger partial charge is 0.269 e. The lowest BCUT2D eigenvalue weighted by Gasteiger charge is -2.09. The first kappa shape index (κ1) is 13.6. The van der Waals surface area contributed by atoms with Gasteiger partial charge in [0.05, 0.1) is 12.1 Å². The lowest BCUT2D eigenvalue weighted by molar-refractivity contribution is -0.127. The second-order valence-corrected chi connectivity index (χ2v) is 4.72. The summed E-state index contributed by atoms with van der Waals surface area (Å²) in [5, 5.41) is 0. The SMILES string of the molecule is CC(C)c1ccn2c(=O)cc(CC(F)(F)F)nc2c1. The van der Waals surface area contributed by atoms with E-state index in [0.29, 0.717) is 0 Å². The van der Waals surface area contributed by atoms with Crippen LogP contribution in [0.1, 0.15) is 31.0 Å². The van der Waals surface area contributed by atoms with E-state index in [0.717, 1.165) is 11.6 Å². The van der Waals surface area contributed by atoms with E-state index in [2.05, 4.69) is 4.98 Å². The third-order valence-electron chi connectivity index (χ3n) is 2.79. The van der Waals surface area contributed by atoms with Crippen LogP contribution in [0.25, 0.3) is 5.65 Å². The predicted octanol–water partition coefficient (Wildman–Crippen LogP) is 2.92. The molecule has 19 heavy (non-hydrogen) atoms. The van der Waals surface area contributed by atoms with E-state index >= 15 is 0 Å². The molecule has 102 valence electrons. The fourth-order valence-electron chi connectivity index (χ4n) is 1.82. The maximum absolute atomic E-state index is 12.3. The molecule has 0 spiro atoms. The van der Waals surface area contributed by atoms with E-state index in [-0.39, 0.29) is 17.3 Å². The Balaban J connectivity index is 2.56. The summed E-state index contributed by atoms with van der Waals surface area (Å²) in [4.78, 5) is 15.6. The van der Waals surface area contributed by atoms with Crippen molar-refractivity contribution < 1.29 is 13.2 Å². The lowest BCUT2D eigenvalue weighted by atomic mass is 10.1. The number of hydrogen-bond donors (Lipinski definition) is 0. The van der Waals surface area contributed by atoms with Crippen LogP contribution in [0.4, 0.5) is 13.2 Å². The minimum atomic E-state index is -4.37. The van der Waals surface area contributed by atoms with E-state index in [9.17, 15) is 18.0 Å². The van der Waals surface area contributed by atoms with Gasteiger partial charge < -0.3 is 0 Å². The second kappa shape index (κ2) is 4.68. The predicted molar refractivity (Wildman–Crippen MR) is 65.3 cm³/mol. The fourth-order valence-corrected chi connectivity index (χ4v) is 1.82. The molecule has 0 amide bonds. The molecule has 0 saturated heterocycles. The van der Waals surface area contributed by atoms with Gasteiger partial charge in [0.25, 0.3) is 5.56 Å². The Morgan fingerprint density at radius 3 is 2.58 bits per heavy atom. The first-order valence-electron chi connectivity index (χ1n) is 5.85. The van der Waals surface area contributed by atoms with Gasteiger partial charge in [-0.15, -0.1) is 0 Å². The zero-order valence-electron chi connectivity index (χ0n) is 10.5. The minimum Gasteiger partial charge on any atom is -0.269 e. The van der Waals surface area contributed by atoms with Crippen LogP contribution in [-0.2, 0) is 6.42 Å². The average molecular weight is 270 g/mol. The van der Waals surface area contributed by atoms with Crippen LogP contribution < -0.4 is 5.56 Å². The topological polar surface area (TPSA) is 34.4 Å². The van der Waals surface area contributed by atoms with Crippen LogP contribution in [0, 0.1) is 0 Å². The van der Waals surface area contributed by atoms with Crippen molar-refractivity contribution in [3.05, 3.63) is 46.0 Å². The van der Waals surface area contributed by atoms with Crippen LogP contribution in [0.15, 0.2) is 29.2 Å². The summed E-state index contributed by atoms with van der Waals surface area (Å²) in [7, 11) is 0. The van der Waals surface area contributed by atoms with Crippen molar-refractivity contribution in [2.75, 3.05) is 0 Å². The minimum absolute atomic E-state index is 0.216. The Bertz CT molecular complexity index is 659. The van der Waals surface area contributed by atoms with Crippen molar-refractivity contribution in [3.8, 4) is 0 Å². The van der Waals surface area contributed by atoms with Crippen LogP contribution in [0.3, 0.4) is 0 Å². The fraction of sp³-hybridized carbons (Fsp3) is 0.385. The summed E-state index contributed by atoms with van der Waals surface area (Å²) in [5.41, 5.74) is 0.423. The maximum atomic E-state index is 12.3. The summed E-state index contributed by atoms with van der Waals surface area (Å²) in [6.45, 7) is 3.92. The molecule has 0 aliphatic carbocycles. The Morgan fingerprint density at radius 2 is 2.00 bits per heavy atom. The number of nitrogens with zero attached hydrogens (tertiary/aromatic N) is 2. The van der Waals surface area contributed by atoms with Crippen molar-refractivity contribution in [1.82, 2.24) is 9.38 Å². The lowest BCUT2D eigenvalue weighted by Crippen LogP contribution is -2.19. The zero-order valence-corrected chi connectivity index (χ0v) is 10.5. The Morgan fingerprint density at radius 1 is 1.32 bits per heavy atom. The summed E-state index contributed by atoms with van der Waals surface area (Å²) < 4.78 is 38.2. The average Bonchev–Trinajstić information content (AvgIpc) is 2.25. The molecule has 2 aromatic heterocycles. The highest BCUT2D eigenvalue weighted by molar-refractivity contribution is 5.42. The molecule has 0 N–H and O–H groups in total. The largest absolute Gasteiger partial charge is 0.394 e. The van der Waals surface area contributed by atoms with Gasteiger partial charge in [-0.2, -0.15) is 13.2 Å². The van der Waals surface area contributed by atoms with Gasteiger partial charge in [-0.25, -0.2) is 4.98 Å². The van der Waals surface area contributed by atoms with Gasteiger partial charge in [0.1, 0.15) is 5.65 Å². The zero-order chi connectivity index (χ0) is 14.2. The molecule has 6 heteroatoms. The molecule has 0 fully saturated rings. The van der Waals surface area contributed by atoms with Gasteiger partial charge in [0.2, 0.25) is 0 Å². The van der Waals surface area contributed by atoms with Crippen LogP contribution in [0.5, 0.6) is 0 Å². The van der Waals surface area contributed by atoms with E-state index in [1.54, 1.807) is 12.1 Å². The van der Waals surface area contributed by atoms with E-state index in [1.165, 1.54) is 10.6 Å². The Labute approximate surface area is 107 Å². The molecule has 0 aliphatic heterocycles. The van der Waals surface area contributed by atoms with Crippen molar-refractivity contribution in [1.29, 1.82) is 0 Å². The van der Waals surface area contributed by atoms with Gasteiger partial charge in [0.15, 0.2) is 0 Å². The van der Waals surface area contributed by atoms with Crippen molar-refractivity contribution in [3.63, 3.8) is 0 Å². The summed E-state index contributed by atoms with van der Waals surface area (Å²) in [5.74, 6) is 0.216. The molecule has 0 aliphatic rings. The Hall–Kier alpha value is -1.85. The molecule has 2 rings (SSSR count). The molecule has 3 nitrogen and oxygen atoms in total. The van der Waals surface area contributed by atoms with Crippen molar-refractivity contribution in [2.24, 2.45) is 0 Å². The molecule has 0 aromatic carbocycles. The molecule has 0 radical (unpaired) electrons. The van der Waals surface area contributed by atoms with Crippen molar-refractivity contribution in [2.45, 2.75) is 32.4 Å². The van der Waals surface area contributed by atoms with Gasteiger partial charge in [-0.1, -0.05) is 13.8 Å². The number of rotatable bonds is 2. The van der Waals surface area contributed by atoms with Gasteiger partial charge in [0, 0.05) is 12.3 Å². The molecule has 0 saturated carbocycles. The van der Waals surface area contributed by atoms with Gasteiger partial charge >= 0.3 is 6.18 Å². The highest BCUT2D eigenvalue weighted by Crippen LogP contribution is 2.20. The molecular weight excluding hydrogens is 257 g/mol. The van der Waals surface area contributed by atoms with E-state index in [4.69, 9.17) is 0 Å². The van der Waals surface area contributed by atoms with Crippen molar-refractivity contribution >= 4 is 5.65 Å². The first-order valence-corrected chi connectivity index (χ1v) is 5.85. The highest BCUT2D eigenvalue weighted by Gasteiger charge is 2.28. The quantitative estimate of drug-likeness (QED) is 0.841. The van der Waals surface area contributed by atoms with Gasteiger partial charge in [-0.05, 0) is 23.6 Å². The third kappa shape index (κ3) is 3.13. The van der Waals surface area contributed by atoms with Crippen LogP contribution >= 0.6 is 0 Å². The number of alkyl halides is 3. The molecule has 0 bridgehead atoms. The van der Waals surface area contributed by atoms with Crippen LogP contribution in [-0.4, -0.2) is 15.6 Å². The number of halogens is 3. The molecule has 0 atom stereocenters. The standard InChI is InChI=1S/C13H13F3N2O/c1-8(2)9-3-4-18-11(5-9)17-10(6-12(18)19)7-13(14,15)16/h3-6,8H,7H2,1-2H3. The summed E-state index contributed by atoms with van der Waals surface area (Å²) >= 11 is 0. The molecule has 2 aromatic rings. The normalized spacial score (nSPS) is 12.3. The molecule has 0 unspecified atom stereocenters. The molecule has 2 heterocycles. The summed E-state index contributed by atoms with van der Waals surface area (Å²) in [6.07, 6.45) is -4.02. The Kier molecular flexibility index (Phi) is 3.34. The number of hydrogen-bond acceptors (Lipinski definition) is 2. The van der Waals surface area contributed by atoms with E-state index in [1.807, 2.05) is 13.8 Å². The molecular formula is C13H13F3N2O. The first-order chi connectivity index (χ1) is 8.76. The second-order valence-electron chi connectivity index (χ2n) is 4.72. The third-order valence-corrected chi connectivity index (χ3v) is 2.79. The van der Waals surface area contributed by atoms with Crippen LogP contribution in [0.2, 0.25) is 0 Å². The number of fused-ring (bicyclic) bond motifs is 1. The summed E-state index contributed by atoms with van der Waals surface area (Å²) in [6, 6.07) is 4.34. The maximum Gasteiger partial charge on any atom is 0.394 e. The number of pyridine rings is 1. The van der Waals surface area contributed by atoms with E-state index < -0.39 is 18.2 Å². The van der Waals surface area contributed by atoms with Gasteiger partial charge in [-0.3, -0.25) is 9.20 Å². The monoisotopic (exact) mass is 270 g/mol.